The van der Waals surface area contributed by atoms with Gasteiger partial charge in [-0.15, -0.1) is 0 Å². The highest BCUT2D eigenvalue weighted by atomic mass is 16.6. The zero-order valence-electron chi connectivity index (χ0n) is 16.0. The summed E-state index contributed by atoms with van der Waals surface area (Å²) in [6.45, 7) is 10.2. The molecule has 140 valence electrons. The van der Waals surface area contributed by atoms with E-state index in [-0.39, 0.29) is 5.78 Å². The van der Waals surface area contributed by atoms with Gasteiger partial charge < -0.3 is 15.4 Å². The Morgan fingerprint density at radius 1 is 1.24 bits per heavy atom. The Balaban J connectivity index is 2.27. The first-order valence-electron chi connectivity index (χ1n) is 8.94. The van der Waals surface area contributed by atoms with Gasteiger partial charge in [0.25, 0.3) is 0 Å². The van der Waals surface area contributed by atoms with Gasteiger partial charge in [-0.25, -0.2) is 9.78 Å². The van der Waals surface area contributed by atoms with E-state index >= 15 is 0 Å². The van der Waals surface area contributed by atoms with Crippen LogP contribution in [-0.4, -0.2) is 35.0 Å². The minimum atomic E-state index is -0.497. The molecule has 6 heteroatoms. The second-order valence-electron chi connectivity index (χ2n) is 7.19. The summed E-state index contributed by atoms with van der Waals surface area (Å²) < 4.78 is 5.15. The molecule has 0 aromatic carbocycles. The summed E-state index contributed by atoms with van der Waals surface area (Å²) >= 11 is 0. The number of aromatic nitrogens is 1. The molecule has 0 aliphatic rings. The average Bonchev–Trinajstić information content (AvgIpc) is 2.53. The van der Waals surface area contributed by atoms with Crippen LogP contribution in [0.1, 0.15) is 70.7 Å². The minimum Gasteiger partial charge on any atom is -0.444 e. The number of carbonyl (C=O) groups is 2. The summed E-state index contributed by atoms with van der Waals surface area (Å²) in [4.78, 5) is 27.9. The highest BCUT2D eigenvalue weighted by Crippen LogP contribution is 2.11. The summed E-state index contributed by atoms with van der Waals surface area (Å²) in [5.74, 6) is 0.854. The SMILES string of the molecule is CCC(C)Nc1ccc(C(=O)CCCCNC(=O)OC(C)(C)C)cn1. The number of alkyl carbamates (subject to hydrolysis) is 1. The average molecular weight is 349 g/mol. The van der Waals surface area contributed by atoms with Crippen LogP contribution >= 0.6 is 0 Å². The standard InChI is InChI=1S/C19H31N3O3/c1-6-14(2)22-17-11-10-15(13-21-17)16(23)9-7-8-12-20-18(24)25-19(3,4)5/h10-11,13-14H,6-9,12H2,1-5H3,(H,20,24)(H,21,22). The van der Waals surface area contributed by atoms with Crippen LogP contribution in [-0.2, 0) is 4.74 Å². The molecule has 1 aromatic rings. The van der Waals surface area contributed by atoms with E-state index in [1.54, 1.807) is 12.3 Å². The molecule has 0 saturated carbocycles. The number of unbranched alkanes of at least 4 members (excludes halogenated alkanes) is 1. The van der Waals surface area contributed by atoms with Crippen LogP contribution in [0.2, 0.25) is 0 Å². The predicted octanol–water partition coefficient (Wildman–Crippen LogP) is 4.17. The van der Waals surface area contributed by atoms with E-state index in [1.807, 2.05) is 26.8 Å². The Hall–Kier alpha value is -2.11. The van der Waals surface area contributed by atoms with Gasteiger partial charge in [0.15, 0.2) is 5.78 Å². The van der Waals surface area contributed by atoms with Gasteiger partial charge in [0.1, 0.15) is 11.4 Å². The van der Waals surface area contributed by atoms with Gasteiger partial charge in [0, 0.05) is 30.8 Å². The summed E-state index contributed by atoms with van der Waals surface area (Å²) in [6.07, 6.45) is 4.09. The van der Waals surface area contributed by atoms with Gasteiger partial charge in [-0.2, -0.15) is 0 Å². The van der Waals surface area contributed by atoms with Crippen LogP contribution in [0.25, 0.3) is 0 Å². The van der Waals surface area contributed by atoms with Crippen LogP contribution in [0, 0.1) is 0 Å². The molecule has 1 unspecified atom stereocenters. The van der Waals surface area contributed by atoms with Gasteiger partial charge >= 0.3 is 6.09 Å². The number of nitrogens with zero attached hydrogens (tertiary/aromatic N) is 1. The van der Waals surface area contributed by atoms with E-state index in [4.69, 9.17) is 4.74 Å². The number of anilines is 1. The van der Waals surface area contributed by atoms with Crippen molar-refractivity contribution in [2.75, 3.05) is 11.9 Å². The Morgan fingerprint density at radius 3 is 2.52 bits per heavy atom. The fourth-order valence-corrected chi connectivity index (χ4v) is 2.06. The number of ketones is 1. The molecule has 1 rings (SSSR count). The molecular weight excluding hydrogens is 318 g/mol. The van der Waals surface area contributed by atoms with E-state index < -0.39 is 11.7 Å². The van der Waals surface area contributed by atoms with Gasteiger partial charge in [0.2, 0.25) is 0 Å². The van der Waals surface area contributed by atoms with Gasteiger partial charge in [-0.05, 0) is 59.1 Å². The van der Waals surface area contributed by atoms with Gasteiger partial charge in [0.05, 0.1) is 0 Å². The van der Waals surface area contributed by atoms with Gasteiger partial charge in [-0.3, -0.25) is 4.79 Å². The molecule has 0 spiro atoms. The van der Waals surface area contributed by atoms with E-state index in [0.29, 0.717) is 31.0 Å². The van der Waals surface area contributed by atoms with E-state index in [9.17, 15) is 9.59 Å². The van der Waals surface area contributed by atoms with Crippen molar-refractivity contribution in [3.8, 4) is 0 Å². The Bertz CT molecular complexity index is 550. The number of ether oxygens (including phenoxy) is 1. The first-order valence-corrected chi connectivity index (χ1v) is 8.94. The largest absolute Gasteiger partial charge is 0.444 e. The van der Waals surface area contributed by atoms with E-state index in [1.165, 1.54) is 0 Å². The van der Waals surface area contributed by atoms with Crippen LogP contribution in [0.5, 0.6) is 0 Å². The quantitative estimate of drug-likeness (QED) is 0.516. The van der Waals surface area contributed by atoms with Gasteiger partial charge in [-0.1, -0.05) is 6.92 Å². The third-order valence-corrected chi connectivity index (χ3v) is 3.59. The Labute approximate surface area is 150 Å². The number of hydrogen-bond acceptors (Lipinski definition) is 5. The first kappa shape index (κ1) is 20.9. The monoisotopic (exact) mass is 349 g/mol. The summed E-state index contributed by atoms with van der Waals surface area (Å²) in [5.41, 5.74) is 0.123. The molecule has 0 saturated heterocycles. The molecular formula is C19H31N3O3. The molecule has 1 atom stereocenters. The van der Waals surface area contributed by atoms with Crippen LogP contribution in [0.15, 0.2) is 18.3 Å². The number of nitrogens with one attached hydrogen (secondary N) is 2. The summed E-state index contributed by atoms with van der Waals surface area (Å²) in [7, 11) is 0. The molecule has 0 aliphatic carbocycles. The predicted molar refractivity (Wildman–Crippen MR) is 100 cm³/mol. The lowest BCUT2D eigenvalue weighted by Gasteiger charge is -2.19. The van der Waals surface area contributed by atoms with Crippen molar-refractivity contribution >= 4 is 17.7 Å². The number of Topliss-reactive ketones (excluding diaryl/α,β-unsaturated/α-hetero) is 1. The van der Waals surface area contributed by atoms with Crippen molar-refractivity contribution in [3.63, 3.8) is 0 Å². The molecule has 25 heavy (non-hydrogen) atoms. The second-order valence-corrected chi connectivity index (χ2v) is 7.19. The van der Waals surface area contributed by atoms with Crippen molar-refractivity contribution in [2.24, 2.45) is 0 Å². The zero-order chi connectivity index (χ0) is 18.9. The maximum absolute atomic E-state index is 12.1. The number of carbonyl (C=O) groups excluding carboxylic acids is 2. The topological polar surface area (TPSA) is 80.3 Å². The van der Waals surface area contributed by atoms with Crippen molar-refractivity contribution in [2.45, 2.75) is 71.9 Å². The van der Waals surface area contributed by atoms with Crippen molar-refractivity contribution in [1.82, 2.24) is 10.3 Å². The zero-order valence-corrected chi connectivity index (χ0v) is 16.0. The van der Waals surface area contributed by atoms with E-state index in [2.05, 4.69) is 29.5 Å². The molecule has 1 amide bonds. The smallest absolute Gasteiger partial charge is 0.407 e. The van der Waals surface area contributed by atoms with Crippen LogP contribution < -0.4 is 10.6 Å². The minimum absolute atomic E-state index is 0.0693. The second kappa shape index (κ2) is 10.0. The Kier molecular flexibility index (Phi) is 8.38. The maximum Gasteiger partial charge on any atom is 0.407 e. The fourth-order valence-electron chi connectivity index (χ4n) is 2.06. The maximum atomic E-state index is 12.1. The van der Waals surface area contributed by atoms with Crippen molar-refractivity contribution in [3.05, 3.63) is 23.9 Å². The molecule has 2 N–H and O–H groups in total. The molecule has 1 aromatic heterocycles. The molecule has 1 heterocycles. The molecule has 0 aliphatic heterocycles. The lowest BCUT2D eigenvalue weighted by Crippen LogP contribution is -2.33. The number of pyridine rings is 1. The number of hydrogen-bond donors (Lipinski definition) is 2. The molecule has 0 radical (unpaired) electrons. The lowest BCUT2D eigenvalue weighted by atomic mass is 10.1. The first-order chi connectivity index (χ1) is 11.7. The third kappa shape index (κ3) is 9.08. The highest BCUT2D eigenvalue weighted by molar-refractivity contribution is 5.95. The fraction of sp³-hybridized carbons (Fsp3) is 0.632. The van der Waals surface area contributed by atoms with Crippen LogP contribution in [0.3, 0.4) is 0 Å². The Morgan fingerprint density at radius 2 is 1.96 bits per heavy atom. The normalized spacial score (nSPS) is 12.4. The third-order valence-electron chi connectivity index (χ3n) is 3.59. The molecule has 6 nitrogen and oxygen atoms in total. The summed E-state index contributed by atoms with van der Waals surface area (Å²) in [5, 5.41) is 5.96. The number of rotatable bonds is 9. The van der Waals surface area contributed by atoms with Crippen LogP contribution in [0.4, 0.5) is 10.6 Å². The van der Waals surface area contributed by atoms with Crippen molar-refractivity contribution in [1.29, 1.82) is 0 Å². The molecule has 0 fully saturated rings. The number of amides is 1. The van der Waals surface area contributed by atoms with E-state index in [0.717, 1.165) is 18.7 Å². The molecule has 0 bridgehead atoms. The highest BCUT2D eigenvalue weighted by Gasteiger charge is 2.15. The van der Waals surface area contributed by atoms with Crippen molar-refractivity contribution < 1.29 is 14.3 Å². The summed E-state index contributed by atoms with van der Waals surface area (Å²) in [6, 6.07) is 3.99. The lowest BCUT2D eigenvalue weighted by molar-refractivity contribution is 0.0527.